The van der Waals surface area contributed by atoms with Crippen LogP contribution in [0.1, 0.15) is 17.5 Å². The van der Waals surface area contributed by atoms with E-state index in [-0.39, 0.29) is 25.5 Å². The number of carbonyl (C=O) groups excluding carboxylic acids is 2. The van der Waals surface area contributed by atoms with Crippen molar-refractivity contribution >= 4 is 18.1 Å². The van der Waals surface area contributed by atoms with Gasteiger partial charge in [-0.3, -0.25) is 9.69 Å². The number of nitrogens with one attached hydrogen (secondary N) is 1. The number of urea groups is 1. The summed E-state index contributed by atoms with van der Waals surface area (Å²) in [5.41, 5.74) is 0.634. The Kier molecular flexibility index (Phi) is 5.31. The van der Waals surface area contributed by atoms with Gasteiger partial charge < -0.3 is 20.1 Å². The smallest absolute Gasteiger partial charge is 0.411 e. The Bertz CT molecular complexity index is 895. The third-order valence-corrected chi connectivity index (χ3v) is 5.64. The molecule has 30 heavy (non-hydrogen) atoms. The number of aliphatic carboxylic acids is 1. The second-order valence-corrected chi connectivity index (χ2v) is 7.37. The Labute approximate surface area is 174 Å². The van der Waals surface area contributed by atoms with E-state index in [1.54, 1.807) is 9.80 Å². The topological polar surface area (TPSA) is 99.2 Å². The predicted octanol–water partition coefficient (Wildman–Crippen LogP) is 2.25. The number of rotatable bonds is 5. The van der Waals surface area contributed by atoms with Gasteiger partial charge in [-0.2, -0.15) is 0 Å². The minimum absolute atomic E-state index is 0.0526. The number of fused-ring (bicyclic) bond motifs is 1. The van der Waals surface area contributed by atoms with Gasteiger partial charge in [0.2, 0.25) is 0 Å². The minimum Gasteiger partial charge on any atom is -0.481 e. The molecule has 2 fully saturated rings. The highest BCUT2D eigenvalue weighted by atomic mass is 16.6. The lowest BCUT2D eigenvalue weighted by Gasteiger charge is -2.42. The molecule has 4 rings (SSSR count). The Morgan fingerprint density at radius 1 is 1.03 bits per heavy atom. The van der Waals surface area contributed by atoms with E-state index in [4.69, 9.17) is 9.84 Å². The molecule has 0 aromatic heterocycles. The van der Waals surface area contributed by atoms with Crippen molar-refractivity contribution in [2.45, 2.75) is 18.1 Å². The zero-order valence-corrected chi connectivity index (χ0v) is 16.4. The normalized spacial score (nSPS) is 19.7. The molecule has 8 nitrogen and oxygen atoms in total. The van der Waals surface area contributed by atoms with Crippen LogP contribution in [-0.4, -0.2) is 65.2 Å². The standard InChI is InChI=1S/C22H23N3O5/c26-19(27)11-12-23-20(28)24-13-14-25-18(15-24)22(30-21(25)29,16-7-3-1-4-8-16)17-9-5-2-6-10-17/h1-10,18H,11-15H2,(H,23,28)(H,26,27). The minimum atomic E-state index is -1.04. The van der Waals surface area contributed by atoms with Crippen molar-refractivity contribution in [2.24, 2.45) is 0 Å². The second-order valence-electron chi connectivity index (χ2n) is 7.37. The molecular weight excluding hydrogens is 386 g/mol. The molecule has 2 N–H and O–H groups in total. The number of nitrogens with zero attached hydrogens (tertiary/aromatic N) is 2. The zero-order chi connectivity index (χ0) is 21.1. The van der Waals surface area contributed by atoms with Crippen LogP contribution in [0.5, 0.6) is 0 Å². The van der Waals surface area contributed by atoms with Crippen molar-refractivity contribution < 1.29 is 24.2 Å². The molecule has 2 heterocycles. The van der Waals surface area contributed by atoms with Crippen LogP contribution in [0, 0.1) is 0 Å². The number of carboxylic acid groups (broad SMARTS) is 1. The van der Waals surface area contributed by atoms with E-state index in [2.05, 4.69) is 5.32 Å². The average Bonchev–Trinajstić information content (AvgIpc) is 3.07. The van der Waals surface area contributed by atoms with E-state index in [0.717, 1.165) is 11.1 Å². The van der Waals surface area contributed by atoms with Crippen molar-refractivity contribution in [2.75, 3.05) is 26.2 Å². The van der Waals surface area contributed by atoms with Gasteiger partial charge >= 0.3 is 18.1 Å². The van der Waals surface area contributed by atoms with E-state index >= 15 is 0 Å². The van der Waals surface area contributed by atoms with E-state index < -0.39 is 23.7 Å². The monoisotopic (exact) mass is 409 g/mol. The first-order valence-electron chi connectivity index (χ1n) is 9.87. The first-order chi connectivity index (χ1) is 14.5. The maximum atomic E-state index is 12.8. The molecule has 156 valence electrons. The molecule has 0 spiro atoms. The van der Waals surface area contributed by atoms with Gasteiger partial charge in [0, 0.05) is 37.3 Å². The number of amides is 3. The molecule has 2 aromatic rings. The fourth-order valence-electron chi connectivity index (χ4n) is 4.23. The second kappa shape index (κ2) is 8.06. The quantitative estimate of drug-likeness (QED) is 0.789. The van der Waals surface area contributed by atoms with Crippen LogP contribution in [-0.2, 0) is 15.1 Å². The van der Waals surface area contributed by atoms with Gasteiger partial charge in [0.1, 0.15) is 6.04 Å². The molecule has 0 saturated carbocycles. The van der Waals surface area contributed by atoms with Crippen molar-refractivity contribution in [3.8, 4) is 0 Å². The molecule has 0 radical (unpaired) electrons. The van der Waals surface area contributed by atoms with Crippen molar-refractivity contribution in [1.82, 2.24) is 15.1 Å². The molecule has 2 aliphatic heterocycles. The van der Waals surface area contributed by atoms with Crippen molar-refractivity contribution in [3.05, 3.63) is 71.8 Å². The number of carbonyl (C=O) groups is 3. The van der Waals surface area contributed by atoms with Gasteiger partial charge in [0.25, 0.3) is 0 Å². The lowest BCUT2D eigenvalue weighted by molar-refractivity contribution is -0.136. The Morgan fingerprint density at radius 2 is 1.63 bits per heavy atom. The number of ether oxygens (including phenoxy) is 1. The molecule has 2 saturated heterocycles. The number of cyclic esters (lactones) is 1. The lowest BCUT2D eigenvalue weighted by atomic mass is 9.79. The van der Waals surface area contributed by atoms with Crippen LogP contribution in [0.15, 0.2) is 60.7 Å². The van der Waals surface area contributed by atoms with Gasteiger partial charge in [-0.1, -0.05) is 60.7 Å². The first kappa shape index (κ1) is 19.8. The maximum Gasteiger partial charge on any atom is 0.411 e. The fraction of sp³-hybridized carbons (Fsp3) is 0.318. The molecule has 0 bridgehead atoms. The van der Waals surface area contributed by atoms with Gasteiger partial charge in [-0.25, -0.2) is 9.59 Å². The van der Waals surface area contributed by atoms with E-state index in [0.29, 0.717) is 13.1 Å². The molecule has 1 unspecified atom stereocenters. The molecule has 2 aromatic carbocycles. The number of carboxylic acids is 1. The molecule has 1 atom stereocenters. The predicted molar refractivity (Wildman–Crippen MR) is 108 cm³/mol. The van der Waals surface area contributed by atoms with Crippen LogP contribution in [0.25, 0.3) is 0 Å². The third kappa shape index (κ3) is 3.45. The highest BCUT2D eigenvalue weighted by Crippen LogP contribution is 2.45. The highest BCUT2D eigenvalue weighted by molar-refractivity contribution is 5.78. The Hall–Kier alpha value is -3.55. The van der Waals surface area contributed by atoms with Crippen LogP contribution in [0.2, 0.25) is 0 Å². The fourth-order valence-corrected chi connectivity index (χ4v) is 4.23. The van der Waals surface area contributed by atoms with E-state index in [9.17, 15) is 14.4 Å². The Balaban J connectivity index is 1.67. The Morgan fingerprint density at radius 3 is 2.20 bits per heavy atom. The summed E-state index contributed by atoms with van der Waals surface area (Å²) in [5, 5.41) is 11.4. The van der Waals surface area contributed by atoms with Crippen LogP contribution in [0.3, 0.4) is 0 Å². The van der Waals surface area contributed by atoms with Gasteiger partial charge in [0.05, 0.1) is 6.42 Å². The van der Waals surface area contributed by atoms with Crippen molar-refractivity contribution in [3.63, 3.8) is 0 Å². The molecule has 0 aliphatic carbocycles. The van der Waals surface area contributed by atoms with Crippen LogP contribution in [0.4, 0.5) is 9.59 Å². The van der Waals surface area contributed by atoms with E-state index in [1.165, 1.54) is 0 Å². The molecule has 8 heteroatoms. The third-order valence-electron chi connectivity index (χ3n) is 5.64. The molecule has 2 aliphatic rings. The van der Waals surface area contributed by atoms with E-state index in [1.807, 2.05) is 60.7 Å². The summed E-state index contributed by atoms with van der Waals surface area (Å²) < 4.78 is 6.06. The number of hydrogen-bond acceptors (Lipinski definition) is 4. The molecule has 3 amide bonds. The zero-order valence-electron chi connectivity index (χ0n) is 16.4. The van der Waals surface area contributed by atoms with Crippen molar-refractivity contribution in [1.29, 1.82) is 0 Å². The average molecular weight is 409 g/mol. The number of benzene rings is 2. The summed E-state index contributed by atoms with van der Waals surface area (Å²) in [6, 6.07) is 18.4. The van der Waals surface area contributed by atoms with Gasteiger partial charge in [-0.05, 0) is 0 Å². The lowest BCUT2D eigenvalue weighted by Crippen LogP contribution is -2.59. The summed E-state index contributed by atoms with van der Waals surface area (Å²) in [6.45, 7) is 1.02. The van der Waals surface area contributed by atoms with Crippen LogP contribution >= 0.6 is 0 Å². The van der Waals surface area contributed by atoms with Gasteiger partial charge in [-0.15, -0.1) is 0 Å². The van der Waals surface area contributed by atoms with Crippen LogP contribution < -0.4 is 5.32 Å². The highest BCUT2D eigenvalue weighted by Gasteiger charge is 2.58. The maximum absolute atomic E-state index is 12.8. The van der Waals surface area contributed by atoms with Gasteiger partial charge in [0.15, 0.2) is 5.60 Å². The summed E-state index contributed by atoms with van der Waals surface area (Å²) >= 11 is 0. The first-order valence-corrected chi connectivity index (χ1v) is 9.87. The summed E-state index contributed by atoms with van der Waals surface area (Å²) in [7, 11) is 0. The molecular formula is C22H23N3O5. The summed E-state index contributed by atoms with van der Waals surface area (Å²) in [4.78, 5) is 39.4. The number of piperazine rings is 1. The number of hydrogen-bond donors (Lipinski definition) is 2. The largest absolute Gasteiger partial charge is 0.481 e. The summed E-state index contributed by atoms with van der Waals surface area (Å²) in [6.07, 6.45) is -0.548. The summed E-state index contributed by atoms with van der Waals surface area (Å²) in [5.74, 6) is -0.970. The SMILES string of the molecule is O=C(O)CCNC(=O)N1CCN2C(=O)OC(c3ccccc3)(c3ccccc3)C2C1.